The highest BCUT2D eigenvalue weighted by atomic mass is 16.4. The number of nitrogens with one attached hydrogen (secondary N) is 1. The number of rotatable bonds is 6. The Morgan fingerprint density at radius 1 is 0.595 bits per heavy atom. The minimum absolute atomic E-state index is 0.00411. The van der Waals surface area contributed by atoms with E-state index in [1.165, 1.54) is 17.4 Å². The largest absolute Gasteiger partial charge is 0.459 e. The van der Waals surface area contributed by atoms with Crippen LogP contribution < -0.4 is 5.32 Å². The number of furan rings is 1. The highest BCUT2D eigenvalue weighted by Gasteiger charge is 2.15. The first-order valence-corrected chi connectivity index (χ1v) is 11.8. The molecule has 0 radical (unpaired) electrons. The number of nitrogens with zero attached hydrogens (tertiary/aromatic N) is 2. The van der Waals surface area contributed by atoms with Gasteiger partial charge in [-0.25, -0.2) is 0 Å². The van der Waals surface area contributed by atoms with Crippen molar-refractivity contribution in [3.63, 3.8) is 0 Å². The Labute approximate surface area is 213 Å². The summed E-state index contributed by atoms with van der Waals surface area (Å²) in [4.78, 5) is 12.8. The summed E-state index contributed by atoms with van der Waals surface area (Å²) < 4.78 is 10.7. The van der Waals surface area contributed by atoms with Crippen LogP contribution in [0.4, 0.5) is 6.01 Å². The third-order valence-corrected chi connectivity index (χ3v) is 6.05. The molecule has 0 fully saturated rings. The van der Waals surface area contributed by atoms with Gasteiger partial charge in [-0.15, -0.1) is 5.10 Å². The van der Waals surface area contributed by atoms with Crippen LogP contribution >= 0.6 is 0 Å². The van der Waals surface area contributed by atoms with E-state index in [4.69, 9.17) is 8.83 Å². The van der Waals surface area contributed by atoms with Crippen LogP contribution in [0.1, 0.15) is 10.4 Å². The zero-order valence-corrected chi connectivity index (χ0v) is 19.7. The zero-order valence-electron chi connectivity index (χ0n) is 19.7. The Bertz CT molecular complexity index is 1640. The summed E-state index contributed by atoms with van der Waals surface area (Å²) in [5.41, 5.74) is 7.08. The van der Waals surface area contributed by atoms with E-state index in [2.05, 4.69) is 76.2 Å². The zero-order chi connectivity index (χ0) is 25.0. The number of amides is 1. The molecule has 6 heteroatoms. The second-order valence-corrected chi connectivity index (χ2v) is 8.45. The van der Waals surface area contributed by atoms with Crippen molar-refractivity contribution in [3.05, 3.63) is 127 Å². The molecule has 37 heavy (non-hydrogen) atoms. The molecule has 1 amide bonds. The lowest BCUT2D eigenvalue weighted by Crippen LogP contribution is -2.12. The van der Waals surface area contributed by atoms with Gasteiger partial charge in [0, 0.05) is 5.56 Å². The van der Waals surface area contributed by atoms with Crippen LogP contribution in [0.2, 0.25) is 0 Å². The van der Waals surface area contributed by atoms with Gasteiger partial charge in [-0.3, -0.25) is 10.1 Å². The fourth-order valence-electron chi connectivity index (χ4n) is 4.12. The summed E-state index contributed by atoms with van der Waals surface area (Å²) in [6.45, 7) is 0. The van der Waals surface area contributed by atoms with Crippen molar-refractivity contribution in [1.29, 1.82) is 0 Å². The Balaban J connectivity index is 1.16. The second kappa shape index (κ2) is 9.79. The number of anilines is 1. The van der Waals surface area contributed by atoms with Gasteiger partial charge in [0.25, 0.3) is 11.8 Å². The van der Waals surface area contributed by atoms with Crippen molar-refractivity contribution in [2.75, 3.05) is 5.32 Å². The van der Waals surface area contributed by atoms with Crippen LogP contribution in [0.25, 0.3) is 45.0 Å². The van der Waals surface area contributed by atoms with Crippen molar-refractivity contribution >= 4 is 11.9 Å². The van der Waals surface area contributed by atoms with E-state index < -0.39 is 0 Å². The summed E-state index contributed by atoms with van der Waals surface area (Å²) in [5, 5.41) is 10.4. The van der Waals surface area contributed by atoms with Crippen molar-refractivity contribution in [2.24, 2.45) is 0 Å². The molecule has 6 rings (SSSR count). The normalized spacial score (nSPS) is 10.8. The molecular formula is C31H21N3O3. The van der Waals surface area contributed by atoms with E-state index in [1.54, 1.807) is 18.2 Å². The van der Waals surface area contributed by atoms with Crippen molar-refractivity contribution in [3.8, 4) is 45.0 Å². The fraction of sp³-hybridized carbons (Fsp3) is 0. The van der Waals surface area contributed by atoms with Crippen LogP contribution in [0, 0.1) is 0 Å². The van der Waals surface area contributed by atoms with Gasteiger partial charge in [-0.1, -0.05) is 96.1 Å². The monoisotopic (exact) mass is 483 g/mol. The summed E-state index contributed by atoms with van der Waals surface area (Å²) in [6, 6.07) is 38.0. The molecule has 1 N–H and O–H groups in total. The maximum absolute atomic E-state index is 12.8. The summed E-state index contributed by atoms with van der Waals surface area (Å²) >= 11 is 0. The van der Waals surface area contributed by atoms with E-state index in [9.17, 15) is 4.79 Å². The minimum atomic E-state index is -0.341. The van der Waals surface area contributed by atoms with Gasteiger partial charge in [0.2, 0.25) is 0 Å². The predicted octanol–water partition coefficient (Wildman–Crippen LogP) is 7.58. The SMILES string of the molecule is O=C(Nc1nnc(-c2ccco2)o1)c1cccc(-c2ccc(-c3ccc(-c4ccccc4)cc3)cc2)c1. The van der Waals surface area contributed by atoms with Crippen LogP contribution in [-0.4, -0.2) is 16.1 Å². The molecule has 2 aromatic heterocycles. The fourth-order valence-corrected chi connectivity index (χ4v) is 4.12. The van der Waals surface area contributed by atoms with Crippen LogP contribution in [0.15, 0.2) is 130 Å². The van der Waals surface area contributed by atoms with Gasteiger partial charge in [-0.05, 0) is 57.6 Å². The molecule has 2 heterocycles. The number of carbonyl (C=O) groups excluding carboxylic acids is 1. The number of aromatic nitrogens is 2. The highest BCUT2D eigenvalue weighted by molar-refractivity contribution is 6.03. The van der Waals surface area contributed by atoms with E-state index in [0.717, 1.165) is 22.3 Å². The van der Waals surface area contributed by atoms with Gasteiger partial charge in [0.15, 0.2) is 5.76 Å². The van der Waals surface area contributed by atoms with Crippen molar-refractivity contribution in [1.82, 2.24) is 10.2 Å². The lowest BCUT2D eigenvalue weighted by atomic mass is 9.97. The molecule has 0 spiro atoms. The maximum atomic E-state index is 12.8. The molecule has 6 aromatic rings. The molecule has 0 atom stereocenters. The van der Waals surface area contributed by atoms with Gasteiger partial charge < -0.3 is 8.83 Å². The molecule has 0 aliphatic carbocycles. The lowest BCUT2D eigenvalue weighted by molar-refractivity contribution is 0.102. The molecule has 0 bridgehead atoms. The molecule has 4 aromatic carbocycles. The smallest absolute Gasteiger partial charge is 0.322 e. The van der Waals surface area contributed by atoms with E-state index >= 15 is 0 Å². The van der Waals surface area contributed by atoms with Gasteiger partial charge in [0.1, 0.15) is 0 Å². The van der Waals surface area contributed by atoms with Crippen LogP contribution in [-0.2, 0) is 0 Å². The molecular weight excluding hydrogens is 462 g/mol. The lowest BCUT2D eigenvalue weighted by Gasteiger charge is -2.08. The maximum Gasteiger partial charge on any atom is 0.322 e. The summed E-state index contributed by atoms with van der Waals surface area (Å²) in [6.07, 6.45) is 1.51. The topological polar surface area (TPSA) is 81.2 Å². The summed E-state index contributed by atoms with van der Waals surface area (Å²) in [5.74, 6) is 0.293. The number of hydrogen-bond acceptors (Lipinski definition) is 5. The first kappa shape index (κ1) is 22.2. The van der Waals surface area contributed by atoms with Crippen LogP contribution in [0.5, 0.6) is 0 Å². The van der Waals surface area contributed by atoms with E-state index in [0.29, 0.717) is 11.3 Å². The Morgan fingerprint density at radius 3 is 1.81 bits per heavy atom. The third-order valence-electron chi connectivity index (χ3n) is 6.05. The first-order valence-electron chi connectivity index (χ1n) is 11.8. The Morgan fingerprint density at radius 2 is 1.19 bits per heavy atom. The molecule has 0 unspecified atom stereocenters. The van der Waals surface area contributed by atoms with E-state index in [-0.39, 0.29) is 17.8 Å². The molecule has 6 nitrogen and oxygen atoms in total. The Hall–Kier alpha value is -5.23. The Kier molecular flexibility index (Phi) is 5.89. The third kappa shape index (κ3) is 4.81. The average molecular weight is 484 g/mol. The minimum Gasteiger partial charge on any atom is -0.459 e. The number of benzene rings is 4. The second-order valence-electron chi connectivity index (χ2n) is 8.45. The molecule has 0 saturated carbocycles. The molecule has 178 valence electrons. The highest BCUT2D eigenvalue weighted by Crippen LogP contribution is 2.28. The van der Waals surface area contributed by atoms with Crippen LogP contribution in [0.3, 0.4) is 0 Å². The van der Waals surface area contributed by atoms with Gasteiger partial charge >= 0.3 is 6.01 Å². The number of carbonyl (C=O) groups is 1. The predicted molar refractivity (Wildman–Crippen MR) is 143 cm³/mol. The quantitative estimate of drug-likeness (QED) is 0.264. The number of hydrogen-bond donors (Lipinski definition) is 1. The van der Waals surface area contributed by atoms with Crippen molar-refractivity contribution < 1.29 is 13.6 Å². The van der Waals surface area contributed by atoms with E-state index in [1.807, 2.05) is 36.4 Å². The van der Waals surface area contributed by atoms with Gasteiger partial charge in [0.05, 0.1) is 6.26 Å². The van der Waals surface area contributed by atoms with Crippen molar-refractivity contribution in [2.45, 2.75) is 0 Å². The molecule has 0 aliphatic rings. The average Bonchev–Trinajstić information content (AvgIpc) is 3.67. The molecule has 0 saturated heterocycles. The summed E-state index contributed by atoms with van der Waals surface area (Å²) in [7, 11) is 0. The first-order chi connectivity index (χ1) is 18.2. The standard InChI is InChI=1S/C31H21N3O3/c35-29(32-31-34-33-30(37-31)28-10-5-19-36-28)27-9-4-8-26(20-27)25-17-15-24(16-18-25)23-13-11-22(12-14-23)21-6-2-1-3-7-21/h1-20H,(H,32,34,35). The van der Waals surface area contributed by atoms with Gasteiger partial charge in [-0.2, -0.15) is 0 Å². The molecule has 0 aliphatic heterocycles.